The lowest BCUT2D eigenvalue weighted by molar-refractivity contribution is -0.122. The zero-order valence-electron chi connectivity index (χ0n) is 9.51. The highest BCUT2D eigenvalue weighted by Crippen LogP contribution is 1.88. The van der Waals surface area contributed by atoms with Crippen molar-refractivity contribution < 1.29 is 4.79 Å². The second kappa shape index (κ2) is 7.62. The van der Waals surface area contributed by atoms with Crippen LogP contribution in [0.2, 0.25) is 0 Å². The zero-order valence-corrected chi connectivity index (χ0v) is 9.51. The van der Waals surface area contributed by atoms with Crippen LogP contribution < -0.4 is 16.0 Å². The van der Waals surface area contributed by atoms with E-state index in [1.54, 1.807) is 0 Å². The van der Waals surface area contributed by atoms with E-state index < -0.39 is 0 Å². The molecule has 0 aromatic rings. The Bertz CT molecular complexity index is 176. The lowest BCUT2D eigenvalue weighted by Gasteiger charge is -2.20. The van der Waals surface area contributed by atoms with E-state index in [1.165, 1.54) is 0 Å². The van der Waals surface area contributed by atoms with Gasteiger partial charge in [-0.1, -0.05) is 0 Å². The first-order valence-corrected chi connectivity index (χ1v) is 5.73. The summed E-state index contributed by atoms with van der Waals surface area (Å²) in [5, 5.41) is 9.48. The standard InChI is InChI=1S/C10H22N4O/c1-2-13-10(15)9-14-7-5-11-3-4-12-6-8-14/h11-12H,2-9H2,1H3,(H,13,15). The molecule has 1 rings (SSSR count). The van der Waals surface area contributed by atoms with Gasteiger partial charge in [0.2, 0.25) is 5.91 Å². The largest absolute Gasteiger partial charge is 0.355 e. The monoisotopic (exact) mass is 214 g/mol. The molecule has 1 amide bonds. The number of rotatable bonds is 3. The Labute approximate surface area is 91.6 Å². The molecular formula is C10H22N4O. The van der Waals surface area contributed by atoms with E-state index in [9.17, 15) is 4.79 Å². The molecule has 0 aromatic heterocycles. The first-order chi connectivity index (χ1) is 7.33. The van der Waals surface area contributed by atoms with Gasteiger partial charge in [-0.2, -0.15) is 0 Å². The minimum atomic E-state index is 0.122. The minimum Gasteiger partial charge on any atom is -0.355 e. The topological polar surface area (TPSA) is 56.4 Å². The Morgan fingerprint density at radius 1 is 1.20 bits per heavy atom. The molecule has 0 aromatic carbocycles. The third-order valence-electron chi connectivity index (χ3n) is 2.43. The van der Waals surface area contributed by atoms with E-state index >= 15 is 0 Å². The van der Waals surface area contributed by atoms with Gasteiger partial charge in [0.15, 0.2) is 0 Å². The van der Waals surface area contributed by atoms with Gasteiger partial charge in [0.25, 0.3) is 0 Å². The van der Waals surface area contributed by atoms with Crippen LogP contribution in [-0.4, -0.2) is 63.2 Å². The average Bonchev–Trinajstić information content (AvgIpc) is 2.32. The van der Waals surface area contributed by atoms with Crippen LogP contribution in [-0.2, 0) is 4.79 Å². The summed E-state index contributed by atoms with van der Waals surface area (Å²) in [5.41, 5.74) is 0. The highest BCUT2D eigenvalue weighted by atomic mass is 16.2. The maximum absolute atomic E-state index is 11.4. The molecule has 88 valence electrons. The molecule has 1 fully saturated rings. The number of amides is 1. The van der Waals surface area contributed by atoms with Gasteiger partial charge in [0.05, 0.1) is 6.54 Å². The molecule has 0 atom stereocenters. The number of hydrogen-bond donors (Lipinski definition) is 3. The maximum atomic E-state index is 11.4. The first kappa shape index (κ1) is 12.4. The molecule has 5 heteroatoms. The van der Waals surface area contributed by atoms with E-state index in [2.05, 4.69) is 20.9 Å². The summed E-state index contributed by atoms with van der Waals surface area (Å²) in [5.74, 6) is 0.122. The van der Waals surface area contributed by atoms with Crippen LogP contribution in [0.15, 0.2) is 0 Å². The third kappa shape index (κ3) is 5.71. The molecule has 0 saturated carbocycles. The quantitative estimate of drug-likeness (QED) is 0.542. The average molecular weight is 214 g/mol. The SMILES string of the molecule is CCNC(=O)CN1CCNCCNCC1. The van der Waals surface area contributed by atoms with Crippen molar-refractivity contribution in [3.05, 3.63) is 0 Å². The number of nitrogens with one attached hydrogen (secondary N) is 3. The summed E-state index contributed by atoms with van der Waals surface area (Å²) in [7, 11) is 0. The van der Waals surface area contributed by atoms with Gasteiger partial charge in [-0.25, -0.2) is 0 Å². The van der Waals surface area contributed by atoms with Crippen molar-refractivity contribution in [2.24, 2.45) is 0 Å². The predicted molar refractivity (Wildman–Crippen MR) is 60.9 cm³/mol. The number of hydrogen-bond acceptors (Lipinski definition) is 4. The van der Waals surface area contributed by atoms with Crippen LogP contribution in [0.25, 0.3) is 0 Å². The number of nitrogens with zero attached hydrogens (tertiary/aromatic N) is 1. The van der Waals surface area contributed by atoms with Crippen molar-refractivity contribution in [3.63, 3.8) is 0 Å². The molecule has 0 radical (unpaired) electrons. The Morgan fingerprint density at radius 2 is 1.80 bits per heavy atom. The van der Waals surface area contributed by atoms with E-state index in [0.29, 0.717) is 13.1 Å². The van der Waals surface area contributed by atoms with Gasteiger partial charge in [0.1, 0.15) is 0 Å². The third-order valence-corrected chi connectivity index (χ3v) is 2.43. The van der Waals surface area contributed by atoms with Crippen molar-refractivity contribution in [1.82, 2.24) is 20.9 Å². The van der Waals surface area contributed by atoms with Gasteiger partial charge in [-0.05, 0) is 6.92 Å². The number of likely N-dealkylation sites (N-methyl/N-ethyl adjacent to an activating group) is 1. The van der Waals surface area contributed by atoms with Crippen molar-refractivity contribution in [1.29, 1.82) is 0 Å². The van der Waals surface area contributed by atoms with Crippen molar-refractivity contribution in [2.75, 3.05) is 52.4 Å². The normalized spacial score (nSPS) is 20.1. The van der Waals surface area contributed by atoms with Gasteiger partial charge < -0.3 is 16.0 Å². The van der Waals surface area contributed by atoms with Crippen LogP contribution in [0.5, 0.6) is 0 Å². The van der Waals surface area contributed by atoms with E-state index in [4.69, 9.17) is 0 Å². The fraction of sp³-hybridized carbons (Fsp3) is 0.900. The van der Waals surface area contributed by atoms with Gasteiger partial charge in [-0.3, -0.25) is 9.69 Å². The summed E-state index contributed by atoms with van der Waals surface area (Å²) in [6, 6.07) is 0. The van der Waals surface area contributed by atoms with Crippen LogP contribution >= 0.6 is 0 Å². The molecule has 1 heterocycles. The lowest BCUT2D eigenvalue weighted by atomic mass is 10.4. The minimum absolute atomic E-state index is 0.122. The highest BCUT2D eigenvalue weighted by molar-refractivity contribution is 5.77. The second-order valence-corrected chi connectivity index (χ2v) is 3.73. The fourth-order valence-corrected chi connectivity index (χ4v) is 1.63. The summed E-state index contributed by atoms with van der Waals surface area (Å²) in [6.45, 7) is 8.99. The smallest absolute Gasteiger partial charge is 0.234 e. The molecule has 0 aliphatic carbocycles. The van der Waals surface area contributed by atoms with Crippen LogP contribution in [0, 0.1) is 0 Å². The maximum Gasteiger partial charge on any atom is 0.234 e. The Morgan fingerprint density at radius 3 is 2.33 bits per heavy atom. The predicted octanol–water partition coefficient (Wildman–Crippen LogP) is -1.38. The fourth-order valence-electron chi connectivity index (χ4n) is 1.63. The van der Waals surface area contributed by atoms with E-state index in [1.807, 2.05) is 6.92 Å². The van der Waals surface area contributed by atoms with Crippen LogP contribution in [0.4, 0.5) is 0 Å². The summed E-state index contributed by atoms with van der Waals surface area (Å²) < 4.78 is 0. The van der Waals surface area contributed by atoms with E-state index in [-0.39, 0.29) is 5.91 Å². The molecular weight excluding hydrogens is 192 g/mol. The molecule has 0 unspecified atom stereocenters. The zero-order chi connectivity index (χ0) is 10.9. The highest BCUT2D eigenvalue weighted by Gasteiger charge is 2.10. The molecule has 0 bridgehead atoms. The lowest BCUT2D eigenvalue weighted by Crippen LogP contribution is -2.41. The Balaban J connectivity index is 2.26. The van der Waals surface area contributed by atoms with Crippen molar-refractivity contribution >= 4 is 5.91 Å². The summed E-state index contributed by atoms with van der Waals surface area (Å²) >= 11 is 0. The van der Waals surface area contributed by atoms with Crippen molar-refractivity contribution in [2.45, 2.75) is 6.92 Å². The van der Waals surface area contributed by atoms with Crippen molar-refractivity contribution in [3.8, 4) is 0 Å². The Hall–Kier alpha value is -0.650. The van der Waals surface area contributed by atoms with Gasteiger partial charge in [0, 0.05) is 45.8 Å². The first-order valence-electron chi connectivity index (χ1n) is 5.73. The summed E-state index contributed by atoms with van der Waals surface area (Å²) in [6.07, 6.45) is 0. The molecule has 1 aliphatic heterocycles. The second-order valence-electron chi connectivity index (χ2n) is 3.73. The molecule has 0 spiro atoms. The molecule has 1 aliphatic rings. The van der Waals surface area contributed by atoms with Gasteiger partial charge in [-0.15, -0.1) is 0 Å². The molecule has 15 heavy (non-hydrogen) atoms. The van der Waals surface area contributed by atoms with Crippen LogP contribution in [0.3, 0.4) is 0 Å². The van der Waals surface area contributed by atoms with Crippen LogP contribution in [0.1, 0.15) is 6.92 Å². The Kier molecular flexibility index (Phi) is 6.31. The molecule has 5 nitrogen and oxygen atoms in total. The molecule has 3 N–H and O–H groups in total. The number of carbonyl (C=O) groups excluding carboxylic acids is 1. The summed E-state index contributed by atoms with van der Waals surface area (Å²) in [4.78, 5) is 13.6. The molecule has 1 saturated heterocycles. The van der Waals surface area contributed by atoms with E-state index in [0.717, 1.165) is 39.3 Å². The van der Waals surface area contributed by atoms with Gasteiger partial charge >= 0.3 is 0 Å². The number of carbonyl (C=O) groups is 1.